The van der Waals surface area contributed by atoms with E-state index in [0.29, 0.717) is 0 Å². The molecule has 7 nitrogen and oxygen atoms in total. The van der Waals surface area contributed by atoms with Gasteiger partial charge in [0.05, 0.1) is 22.1 Å². The summed E-state index contributed by atoms with van der Waals surface area (Å²) in [4.78, 5) is 20.9. The number of nitrogens with zero attached hydrogens (tertiary/aromatic N) is 3. The molecule has 0 amide bonds. The van der Waals surface area contributed by atoms with Crippen molar-refractivity contribution in [3.8, 4) is 28.5 Å². The van der Waals surface area contributed by atoms with Crippen LogP contribution in [0.2, 0.25) is 0 Å². The monoisotopic (exact) mass is 422 g/mol. The van der Waals surface area contributed by atoms with Crippen molar-refractivity contribution in [2.45, 2.75) is 12.8 Å². The lowest BCUT2D eigenvalue weighted by atomic mass is 10.2. The molecule has 0 fully saturated rings. The number of phenolic OH excluding ortho intramolecular Hbond substituents is 1. The van der Waals surface area contributed by atoms with Gasteiger partial charge in [0, 0.05) is 29.8 Å². The molecule has 0 atom stereocenters. The molecular weight excluding hydrogens is 400 g/mol. The Morgan fingerprint density at radius 2 is 1.41 bits per heavy atom. The summed E-state index contributed by atoms with van der Waals surface area (Å²) in [6.07, 6.45) is 2.27. The molecule has 158 valence electrons. The normalized spacial score (nSPS) is 14.3. The van der Waals surface area contributed by atoms with E-state index in [9.17, 15) is 5.11 Å². The summed E-state index contributed by atoms with van der Waals surface area (Å²) in [5, 5.41) is 13.2. The Hall–Kier alpha value is -4.13. The number of aromatic nitrogens is 4. The zero-order valence-electron chi connectivity index (χ0n) is 17.4. The van der Waals surface area contributed by atoms with E-state index in [1.165, 1.54) is 0 Å². The highest BCUT2D eigenvalue weighted by molar-refractivity contribution is 6.01. The lowest BCUT2D eigenvalue weighted by Gasteiger charge is -2.06. The van der Waals surface area contributed by atoms with E-state index in [4.69, 9.17) is 4.98 Å². The maximum absolute atomic E-state index is 9.76. The standard InChI is InChI=1S/C25H22N6O/c32-18-5-3-4-15(12-18)24-28-20-9-7-17(14-22(20)30-24)25-29-19-8-6-16(13-21(19)31-25)23-26-10-1-2-11-27-23/h3-9,12-14,32H,1-2,10-11H2,(H,26,27)(H,28,30)(H,29,31). The smallest absolute Gasteiger partial charge is 0.138 e. The van der Waals surface area contributed by atoms with Crippen LogP contribution < -0.4 is 5.32 Å². The first-order valence-corrected chi connectivity index (χ1v) is 10.8. The largest absolute Gasteiger partial charge is 0.508 e. The summed E-state index contributed by atoms with van der Waals surface area (Å²) in [5.41, 5.74) is 6.58. The molecular formula is C25H22N6O. The van der Waals surface area contributed by atoms with Gasteiger partial charge < -0.3 is 20.4 Å². The van der Waals surface area contributed by atoms with Gasteiger partial charge in [-0.2, -0.15) is 0 Å². The first kappa shape index (κ1) is 18.6. The van der Waals surface area contributed by atoms with Crippen LogP contribution in [0.4, 0.5) is 0 Å². The molecule has 0 saturated heterocycles. The van der Waals surface area contributed by atoms with Gasteiger partial charge in [-0.1, -0.05) is 12.1 Å². The first-order valence-electron chi connectivity index (χ1n) is 10.8. The third-order valence-electron chi connectivity index (χ3n) is 5.78. The molecule has 0 radical (unpaired) electrons. The minimum Gasteiger partial charge on any atom is -0.508 e. The van der Waals surface area contributed by atoms with Crippen molar-refractivity contribution < 1.29 is 5.11 Å². The Morgan fingerprint density at radius 1 is 0.719 bits per heavy atom. The minimum atomic E-state index is 0.218. The maximum Gasteiger partial charge on any atom is 0.138 e. The van der Waals surface area contributed by atoms with E-state index in [0.717, 1.165) is 82.2 Å². The number of phenols is 1. The number of nitrogens with one attached hydrogen (secondary N) is 3. The van der Waals surface area contributed by atoms with Crippen molar-refractivity contribution in [3.05, 3.63) is 66.2 Å². The molecule has 7 heteroatoms. The van der Waals surface area contributed by atoms with Gasteiger partial charge in [0.15, 0.2) is 0 Å². The molecule has 1 aliphatic heterocycles. The summed E-state index contributed by atoms with van der Waals surface area (Å²) in [6.45, 7) is 1.82. The van der Waals surface area contributed by atoms with Crippen LogP contribution >= 0.6 is 0 Å². The predicted molar refractivity (Wildman–Crippen MR) is 127 cm³/mol. The highest BCUT2D eigenvalue weighted by Crippen LogP contribution is 2.27. The van der Waals surface area contributed by atoms with Gasteiger partial charge in [-0.25, -0.2) is 9.97 Å². The van der Waals surface area contributed by atoms with Crippen molar-refractivity contribution in [3.63, 3.8) is 0 Å². The number of H-pyrrole nitrogens is 2. The molecule has 5 aromatic rings. The Labute approximate surface area is 184 Å². The molecule has 0 spiro atoms. The van der Waals surface area contributed by atoms with Crippen LogP contribution in [0.15, 0.2) is 65.7 Å². The van der Waals surface area contributed by atoms with Crippen molar-refractivity contribution in [1.29, 1.82) is 0 Å². The number of hydrogen-bond acceptors (Lipinski definition) is 5. The number of rotatable bonds is 3. The van der Waals surface area contributed by atoms with Crippen LogP contribution in [-0.4, -0.2) is 44.0 Å². The second kappa shape index (κ2) is 7.53. The van der Waals surface area contributed by atoms with Crippen LogP contribution in [0.1, 0.15) is 18.4 Å². The van der Waals surface area contributed by atoms with E-state index in [-0.39, 0.29) is 5.75 Å². The fraction of sp³-hybridized carbons (Fsp3) is 0.160. The number of imidazole rings is 2. The number of fused-ring (bicyclic) bond motifs is 2. The average molecular weight is 422 g/mol. The molecule has 3 aromatic carbocycles. The molecule has 0 unspecified atom stereocenters. The second-order valence-electron chi connectivity index (χ2n) is 8.05. The van der Waals surface area contributed by atoms with Gasteiger partial charge in [-0.15, -0.1) is 0 Å². The number of benzene rings is 3. The number of aliphatic imine (C=N–C) groups is 1. The van der Waals surface area contributed by atoms with Crippen LogP contribution in [0.3, 0.4) is 0 Å². The predicted octanol–water partition coefficient (Wildman–Crippen LogP) is 4.61. The van der Waals surface area contributed by atoms with Crippen molar-refractivity contribution in [1.82, 2.24) is 25.3 Å². The van der Waals surface area contributed by atoms with Gasteiger partial charge in [0.2, 0.25) is 0 Å². The fourth-order valence-electron chi connectivity index (χ4n) is 4.12. The number of aromatic hydroxyl groups is 1. The van der Waals surface area contributed by atoms with Crippen molar-refractivity contribution in [2.24, 2.45) is 4.99 Å². The Balaban J connectivity index is 1.36. The van der Waals surface area contributed by atoms with Crippen LogP contribution in [-0.2, 0) is 0 Å². The highest BCUT2D eigenvalue weighted by Gasteiger charge is 2.12. The molecule has 0 saturated carbocycles. The maximum atomic E-state index is 9.76. The zero-order chi connectivity index (χ0) is 21.5. The lowest BCUT2D eigenvalue weighted by Crippen LogP contribution is -2.24. The van der Waals surface area contributed by atoms with Gasteiger partial charge in [0.1, 0.15) is 23.2 Å². The molecule has 3 heterocycles. The number of hydrogen-bond donors (Lipinski definition) is 4. The summed E-state index contributed by atoms with van der Waals surface area (Å²) in [7, 11) is 0. The SMILES string of the molecule is Oc1cccc(-c2nc3ccc(-c4nc5ccc(C6=NCCCCN6)cc5[nH]4)cc3[nH]2)c1. The summed E-state index contributed by atoms with van der Waals surface area (Å²) in [5.74, 6) is 2.71. The van der Waals surface area contributed by atoms with Crippen LogP contribution in [0.25, 0.3) is 44.8 Å². The van der Waals surface area contributed by atoms with E-state index < -0.39 is 0 Å². The van der Waals surface area contributed by atoms with Gasteiger partial charge in [0.25, 0.3) is 0 Å². The highest BCUT2D eigenvalue weighted by atomic mass is 16.3. The van der Waals surface area contributed by atoms with Crippen LogP contribution in [0, 0.1) is 0 Å². The van der Waals surface area contributed by atoms with E-state index in [2.05, 4.69) is 37.4 Å². The molecule has 6 rings (SSSR count). The Bertz CT molecular complexity index is 1480. The molecule has 0 aliphatic carbocycles. The zero-order valence-corrected chi connectivity index (χ0v) is 17.4. The average Bonchev–Trinajstić information content (AvgIpc) is 3.33. The van der Waals surface area contributed by atoms with Gasteiger partial charge >= 0.3 is 0 Å². The molecule has 2 aromatic heterocycles. The lowest BCUT2D eigenvalue weighted by molar-refractivity contribution is 0.475. The third-order valence-corrected chi connectivity index (χ3v) is 5.78. The van der Waals surface area contributed by atoms with Crippen LogP contribution in [0.5, 0.6) is 5.75 Å². The fourth-order valence-corrected chi connectivity index (χ4v) is 4.12. The van der Waals surface area contributed by atoms with Gasteiger partial charge in [-0.3, -0.25) is 4.99 Å². The van der Waals surface area contributed by atoms with E-state index in [1.54, 1.807) is 12.1 Å². The quantitative estimate of drug-likeness (QED) is 0.341. The second-order valence-corrected chi connectivity index (χ2v) is 8.05. The van der Waals surface area contributed by atoms with Gasteiger partial charge in [-0.05, 0) is 61.4 Å². The molecule has 1 aliphatic rings. The Kier molecular flexibility index (Phi) is 4.38. The van der Waals surface area contributed by atoms with Crippen molar-refractivity contribution >= 4 is 27.9 Å². The topological polar surface area (TPSA) is 102 Å². The third kappa shape index (κ3) is 3.37. The molecule has 4 N–H and O–H groups in total. The summed E-state index contributed by atoms with van der Waals surface area (Å²) in [6, 6.07) is 19.3. The first-order chi connectivity index (χ1) is 15.7. The van der Waals surface area contributed by atoms with E-state index in [1.807, 2.05) is 36.4 Å². The molecule has 0 bridgehead atoms. The summed E-state index contributed by atoms with van der Waals surface area (Å²) < 4.78 is 0. The van der Waals surface area contributed by atoms with E-state index >= 15 is 0 Å². The Morgan fingerprint density at radius 3 is 2.16 bits per heavy atom. The minimum absolute atomic E-state index is 0.218. The molecule has 32 heavy (non-hydrogen) atoms. The van der Waals surface area contributed by atoms with Crippen molar-refractivity contribution in [2.75, 3.05) is 13.1 Å². The number of amidine groups is 1. The summed E-state index contributed by atoms with van der Waals surface area (Å²) >= 11 is 0. The number of aromatic amines is 2.